The van der Waals surface area contributed by atoms with Crippen molar-refractivity contribution in [3.8, 4) is 0 Å². The van der Waals surface area contributed by atoms with Crippen molar-refractivity contribution in [1.29, 1.82) is 0 Å². The summed E-state index contributed by atoms with van der Waals surface area (Å²) in [7, 11) is 3.81. The molecule has 0 spiro atoms. The number of piperidine rings is 2. The van der Waals surface area contributed by atoms with Crippen molar-refractivity contribution in [2.75, 3.05) is 34.4 Å². The molecule has 2 aliphatic rings. The summed E-state index contributed by atoms with van der Waals surface area (Å²) in [6, 6.07) is 8.69. The van der Waals surface area contributed by atoms with Gasteiger partial charge in [-0.05, 0) is 73.9 Å². The maximum atomic E-state index is 12.7. The maximum Gasteiger partial charge on any atom is 0.416 e. The minimum absolute atomic E-state index is 0.242. The number of carbonyl (C=O) groups excluding carboxylic acids is 3. The lowest BCUT2D eigenvalue weighted by atomic mass is 9.87. The van der Waals surface area contributed by atoms with Crippen LogP contribution in [0.2, 0.25) is 0 Å². The molecule has 10 nitrogen and oxygen atoms in total. The second kappa shape index (κ2) is 16.7. The van der Waals surface area contributed by atoms with Crippen molar-refractivity contribution in [2.24, 2.45) is 11.8 Å². The number of carbonyl (C=O) groups is 4. The second-order valence-electron chi connectivity index (χ2n) is 11.7. The average Bonchev–Trinajstić information content (AvgIpc) is 3.07. The van der Waals surface area contributed by atoms with Gasteiger partial charge in [0.15, 0.2) is 0 Å². The van der Waals surface area contributed by atoms with Crippen LogP contribution in [0.5, 0.6) is 0 Å². The molecule has 0 bridgehead atoms. The molecule has 4 rings (SSSR count). The first-order valence-corrected chi connectivity index (χ1v) is 15.3. The van der Waals surface area contributed by atoms with Gasteiger partial charge in [-0.25, -0.2) is 9.59 Å². The summed E-state index contributed by atoms with van der Waals surface area (Å²) in [5.74, 6) is -2.20. The van der Waals surface area contributed by atoms with Crippen LogP contribution in [0.15, 0.2) is 48.5 Å². The minimum Gasteiger partial charge on any atom is -0.481 e. The number of nitrogens with zero attached hydrogens (tertiary/aromatic N) is 2. The van der Waals surface area contributed by atoms with Gasteiger partial charge in [-0.15, -0.1) is 0 Å². The number of halogens is 6. The molecule has 270 valence electrons. The highest BCUT2D eigenvalue weighted by atomic mass is 19.4. The molecule has 1 N–H and O–H groups in total. The van der Waals surface area contributed by atoms with Crippen molar-refractivity contribution in [2.45, 2.75) is 63.0 Å². The molecular formula is C33H38F6N2O8. The number of esters is 1. The lowest BCUT2D eigenvalue weighted by molar-refractivity contribution is -0.147. The second-order valence-corrected chi connectivity index (χ2v) is 11.7. The number of benzene rings is 2. The Balaban J connectivity index is 0.000000266. The lowest BCUT2D eigenvalue weighted by Crippen LogP contribution is -2.48. The van der Waals surface area contributed by atoms with Crippen LogP contribution in [0, 0.1) is 11.8 Å². The predicted octanol–water partition coefficient (Wildman–Crippen LogP) is 6.45. The summed E-state index contributed by atoms with van der Waals surface area (Å²) in [5, 5.41) is 9.17. The van der Waals surface area contributed by atoms with E-state index >= 15 is 0 Å². The molecule has 16 heteroatoms. The average molecular weight is 705 g/mol. The number of carboxylic acids is 1. The molecule has 49 heavy (non-hydrogen) atoms. The number of aliphatic carboxylic acids is 1. The zero-order valence-corrected chi connectivity index (χ0v) is 27.1. The Bertz CT molecular complexity index is 1430. The van der Waals surface area contributed by atoms with E-state index in [0.29, 0.717) is 43.4 Å². The number of alkyl halides is 6. The molecule has 2 aromatic rings. The number of methoxy groups -OCH3 is 3. The fourth-order valence-corrected chi connectivity index (χ4v) is 6.01. The van der Waals surface area contributed by atoms with Crippen LogP contribution >= 0.6 is 0 Å². The third-order valence-electron chi connectivity index (χ3n) is 8.64. The molecule has 4 atom stereocenters. The van der Waals surface area contributed by atoms with E-state index in [-0.39, 0.29) is 37.3 Å². The quantitative estimate of drug-likeness (QED) is 0.207. The van der Waals surface area contributed by atoms with Gasteiger partial charge in [0.05, 0.1) is 44.3 Å². The number of amides is 2. The van der Waals surface area contributed by atoms with Gasteiger partial charge in [0, 0.05) is 25.2 Å². The monoisotopic (exact) mass is 704 g/mol. The topological polar surface area (TPSA) is 123 Å². The van der Waals surface area contributed by atoms with Crippen molar-refractivity contribution in [1.82, 2.24) is 9.80 Å². The molecule has 0 aliphatic carbocycles. The van der Waals surface area contributed by atoms with Crippen LogP contribution in [0.25, 0.3) is 0 Å². The van der Waals surface area contributed by atoms with Crippen molar-refractivity contribution < 1.29 is 64.8 Å². The first kappa shape index (κ1) is 38.9. The summed E-state index contributed by atoms with van der Waals surface area (Å²) >= 11 is 0. The molecular weight excluding hydrogens is 666 g/mol. The van der Waals surface area contributed by atoms with Gasteiger partial charge in [-0.1, -0.05) is 24.3 Å². The fraction of sp³-hybridized carbons (Fsp3) is 0.515. The smallest absolute Gasteiger partial charge is 0.416 e. The normalized spacial score (nSPS) is 21.2. The van der Waals surface area contributed by atoms with E-state index < -0.39 is 53.6 Å². The Morgan fingerprint density at radius 1 is 0.653 bits per heavy atom. The predicted molar refractivity (Wildman–Crippen MR) is 161 cm³/mol. The number of hydrogen-bond acceptors (Lipinski definition) is 7. The Hall–Kier alpha value is -4.50. The van der Waals surface area contributed by atoms with Crippen LogP contribution in [0.3, 0.4) is 0 Å². The summed E-state index contributed by atoms with van der Waals surface area (Å²) in [4.78, 5) is 49.7. The van der Waals surface area contributed by atoms with Crippen LogP contribution in [0.4, 0.5) is 35.9 Å². The first-order chi connectivity index (χ1) is 23.0. The van der Waals surface area contributed by atoms with Gasteiger partial charge in [0.25, 0.3) is 0 Å². The SMILES string of the molecule is COC(=O)C1CCN(C(=O)OC)C(Cc2ccc(C(F)(F)F)cc2)C1.COC(=O)N1CCC(C(=O)O)CC1Cc1ccc(C(F)(F)F)cc1. The van der Waals surface area contributed by atoms with Crippen molar-refractivity contribution >= 4 is 24.1 Å². The summed E-state index contributed by atoms with van der Waals surface area (Å²) < 4.78 is 90.0. The van der Waals surface area contributed by atoms with Crippen LogP contribution in [-0.4, -0.2) is 85.5 Å². The van der Waals surface area contributed by atoms with Crippen molar-refractivity contribution in [3.63, 3.8) is 0 Å². The molecule has 0 aromatic heterocycles. The number of ether oxygens (including phenoxy) is 3. The molecule has 0 radical (unpaired) electrons. The summed E-state index contributed by atoms with van der Waals surface area (Å²) in [6.45, 7) is 0.576. The standard InChI is InChI=1S/C17H20F3NO4.C16H18F3NO4/c1-24-15(22)12-7-8-21(16(23)25-2)14(10-12)9-11-3-5-13(6-4-11)17(18,19)20;1-24-15(23)20-7-6-11(14(21)22)9-13(20)8-10-2-4-12(5-3-10)16(17,18)19/h3-6,12,14H,7-10H2,1-2H3;2-5,11,13H,6-9H2,1H3,(H,21,22). The van der Waals surface area contributed by atoms with E-state index in [1.165, 1.54) is 55.4 Å². The Kier molecular flexibility index (Phi) is 13.3. The molecule has 2 heterocycles. The van der Waals surface area contributed by atoms with Crippen LogP contribution < -0.4 is 0 Å². The van der Waals surface area contributed by atoms with E-state index in [2.05, 4.69) is 0 Å². The lowest BCUT2D eigenvalue weighted by Gasteiger charge is -2.37. The molecule has 2 amide bonds. The van der Waals surface area contributed by atoms with Crippen molar-refractivity contribution in [3.05, 3.63) is 70.8 Å². The van der Waals surface area contributed by atoms with E-state index in [4.69, 9.17) is 14.2 Å². The van der Waals surface area contributed by atoms with Gasteiger partial charge in [-0.3, -0.25) is 9.59 Å². The maximum absolute atomic E-state index is 12.7. The number of carboxylic acid groups (broad SMARTS) is 1. The highest BCUT2D eigenvalue weighted by molar-refractivity contribution is 5.74. The largest absolute Gasteiger partial charge is 0.481 e. The number of hydrogen-bond donors (Lipinski definition) is 1. The molecule has 2 aromatic carbocycles. The third-order valence-corrected chi connectivity index (χ3v) is 8.64. The molecule has 0 saturated carbocycles. The van der Waals surface area contributed by atoms with E-state index in [0.717, 1.165) is 24.3 Å². The van der Waals surface area contributed by atoms with Gasteiger partial charge in [0.2, 0.25) is 0 Å². The van der Waals surface area contributed by atoms with Crippen LogP contribution in [0.1, 0.15) is 47.9 Å². The Labute approximate surface area is 278 Å². The Morgan fingerprint density at radius 3 is 1.35 bits per heavy atom. The highest BCUT2D eigenvalue weighted by Crippen LogP contribution is 2.32. The number of likely N-dealkylation sites (tertiary alicyclic amines) is 2. The Morgan fingerprint density at radius 2 is 1.02 bits per heavy atom. The molecule has 2 saturated heterocycles. The highest BCUT2D eigenvalue weighted by Gasteiger charge is 2.37. The zero-order chi connectivity index (χ0) is 36.5. The number of rotatable bonds is 6. The summed E-state index contributed by atoms with van der Waals surface area (Å²) in [6.07, 6.45) is -7.85. The van der Waals surface area contributed by atoms with Gasteiger partial charge < -0.3 is 29.1 Å². The summed E-state index contributed by atoms with van der Waals surface area (Å²) in [5.41, 5.74) is -0.217. The van der Waals surface area contributed by atoms with Gasteiger partial charge in [-0.2, -0.15) is 26.3 Å². The van der Waals surface area contributed by atoms with Crippen LogP contribution in [-0.2, 0) is 49.0 Å². The van der Waals surface area contributed by atoms with E-state index in [1.807, 2.05) is 0 Å². The zero-order valence-electron chi connectivity index (χ0n) is 27.1. The molecule has 4 unspecified atom stereocenters. The first-order valence-electron chi connectivity index (χ1n) is 15.3. The van der Waals surface area contributed by atoms with Gasteiger partial charge >= 0.3 is 36.5 Å². The van der Waals surface area contributed by atoms with Gasteiger partial charge in [0.1, 0.15) is 0 Å². The third kappa shape index (κ3) is 10.7. The van der Waals surface area contributed by atoms with E-state index in [1.54, 1.807) is 0 Å². The molecule has 2 aliphatic heterocycles. The fourth-order valence-electron chi connectivity index (χ4n) is 6.01. The minimum atomic E-state index is -4.41. The molecule has 2 fully saturated rings. The van der Waals surface area contributed by atoms with E-state index in [9.17, 15) is 50.6 Å².